The minimum Gasteiger partial charge on any atom is -0.462 e. The maximum atomic E-state index is 9.93. The summed E-state index contributed by atoms with van der Waals surface area (Å²) in [4.78, 5) is 9.93. The Kier molecular flexibility index (Phi) is 3.88. The Hall–Kier alpha value is -1.57. The van der Waals surface area contributed by atoms with E-state index in [-0.39, 0.29) is 5.97 Å². The van der Waals surface area contributed by atoms with Crippen LogP contribution in [-0.4, -0.2) is 12.6 Å². The predicted molar refractivity (Wildman–Crippen MR) is 66.5 cm³/mol. The minimum atomic E-state index is -0.264. The van der Waals surface area contributed by atoms with Crippen LogP contribution in [0, 0.1) is 20.8 Å². The highest BCUT2D eigenvalue weighted by molar-refractivity contribution is 5.94. The summed E-state index contributed by atoms with van der Waals surface area (Å²) in [5, 5.41) is 0. The molecule has 0 unspecified atom stereocenters. The molecule has 2 rings (SSSR count). The van der Waals surface area contributed by atoms with Crippen molar-refractivity contribution in [2.45, 2.75) is 27.7 Å². The summed E-state index contributed by atoms with van der Waals surface area (Å²) in [6, 6.07) is 2.26. The zero-order chi connectivity index (χ0) is 12.3. The molecule has 2 nitrogen and oxygen atoms in total. The molecule has 0 bridgehead atoms. The highest BCUT2D eigenvalue weighted by Gasteiger charge is 2.25. The fraction of sp³-hybridized carbons (Fsp3) is 0.357. The second-order valence-electron chi connectivity index (χ2n) is 3.98. The van der Waals surface area contributed by atoms with E-state index in [0.717, 1.165) is 0 Å². The van der Waals surface area contributed by atoms with Gasteiger partial charge in [0.25, 0.3) is 0 Å². The Labute approximate surface area is 96.9 Å². The van der Waals surface area contributed by atoms with E-state index in [0.29, 0.717) is 6.61 Å². The van der Waals surface area contributed by atoms with E-state index >= 15 is 0 Å². The zero-order valence-corrected chi connectivity index (χ0v) is 10.4. The van der Waals surface area contributed by atoms with Gasteiger partial charge >= 0.3 is 5.97 Å². The highest BCUT2D eigenvalue weighted by atomic mass is 16.5. The van der Waals surface area contributed by atoms with E-state index in [4.69, 9.17) is 0 Å². The van der Waals surface area contributed by atoms with Gasteiger partial charge in [0, 0.05) is 6.92 Å². The van der Waals surface area contributed by atoms with Crippen molar-refractivity contribution in [3.63, 3.8) is 0 Å². The lowest BCUT2D eigenvalue weighted by molar-refractivity contribution is -0.139. The second-order valence-corrected chi connectivity index (χ2v) is 3.98. The number of esters is 1. The fourth-order valence-electron chi connectivity index (χ4n) is 1.91. The highest BCUT2D eigenvalue weighted by Crippen LogP contribution is 2.47. The van der Waals surface area contributed by atoms with Crippen LogP contribution in [0.3, 0.4) is 0 Å². The first-order valence-electron chi connectivity index (χ1n) is 5.34. The molecule has 0 amide bonds. The third-order valence-electron chi connectivity index (χ3n) is 2.56. The Bertz CT molecular complexity index is 405. The van der Waals surface area contributed by atoms with Gasteiger partial charge in [-0.05, 0) is 48.6 Å². The van der Waals surface area contributed by atoms with Gasteiger partial charge in [-0.1, -0.05) is 18.7 Å². The van der Waals surface area contributed by atoms with Gasteiger partial charge in [-0.3, -0.25) is 4.79 Å². The third-order valence-corrected chi connectivity index (χ3v) is 2.56. The van der Waals surface area contributed by atoms with E-state index in [1.807, 2.05) is 0 Å². The monoisotopic (exact) mass is 218 g/mol. The average Bonchev–Trinajstić information content (AvgIpc) is 2.77. The van der Waals surface area contributed by atoms with Gasteiger partial charge in [-0.25, -0.2) is 0 Å². The van der Waals surface area contributed by atoms with Gasteiger partial charge in [0.1, 0.15) is 6.61 Å². The molecule has 0 aromatic rings. The van der Waals surface area contributed by atoms with Crippen molar-refractivity contribution in [2.75, 3.05) is 6.61 Å². The van der Waals surface area contributed by atoms with Gasteiger partial charge < -0.3 is 4.74 Å². The van der Waals surface area contributed by atoms with Crippen LogP contribution in [-0.2, 0) is 9.53 Å². The van der Waals surface area contributed by atoms with Crippen molar-refractivity contribution in [3.8, 4) is 11.1 Å². The van der Waals surface area contributed by atoms with Crippen LogP contribution in [0.2, 0.25) is 0 Å². The number of hydrogen-bond acceptors (Lipinski definition) is 2. The molecule has 0 aromatic carbocycles. The Morgan fingerprint density at radius 1 is 1.31 bits per heavy atom. The molecular weight excluding hydrogens is 200 g/mol. The van der Waals surface area contributed by atoms with Crippen molar-refractivity contribution in [1.29, 1.82) is 0 Å². The Morgan fingerprint density at radius 3 is 2.00 bits per heavy atom. The molecule has 86 valence electrons. The third kappa shape index (κ3) is 2.72. The van der Waals surface area contributed by atoms with E-state index in [2.05, 4.69) is 38.2 Å². The molecule has 0 spiro atoms. The van der Waals surface area contributed by atoms with Crippen LogP contribution in [0.15, 0.2) is 18.7 Å². The van der Waals surface area contributed by atoms with Crippen molar-refractivity contribution < 1.29 is 9.53 Å². The number of ether oxygens (including phenoxy) is 1. The Morgan fingerprint density at radius 2 is 1.81 bits per heavy atom. The molecule has 0 aromatic heterocycles. The summed E-state index contributed by atoms with van der Waals surface area (Å²) in [7, 11) is 0. The maximum Gasteiger partial charge on any atom is 0.302 e. The summed E-state index contributed by atoms with van der Waals surface area (Å²) in [6.07, 6.45) is 1.53. The summed E-state index contributed by atoms with van der Waals surface area (Å²) < 4.78 is 4.43. The largest absolute Gasteiger partial charge is 0.462 e. The quantitative estimate of drug-likeness (QED) is 0.571. The lowest BCUT2D eigenvalue weighted by Crippen LogP contribution is -1.96. The van der Waals surface area contributed by atoms with Gasteiger partial charge in [0.05, 0.1) is 0 Å². The Balaban J connectivity index is 0.000000168. The number of rotatable bonds is 2. The number of carbonyl (C=O) groups excluding carboxylic acids is 1. The molecule has 0 saturated heterocycles. The lowest BCUT2D eigenvalue weighted by atomic mass is 10.3. The number of fused-ring (bicyclic) bond motifs is 1. The van der Waals surface area contributed by atoms with Crippen molar-refractivity contribution in [1.82, 2.24) is 0 Å². The average molecular weight is 218 g/mol. The summed E-state index contributed by atoms with van der Waals surface area (Å²) in [5.74, 6) is -0.264. The van der Waals surface area contributed by atoms with Gasteiger partial charge in [0.15, 0.2) is 0 Å². The summed E-state index contributed by atoms with van der Waals surface area (Å²) in [5.41, 5.74) is 7.51. The van der Waals surface area contributed by atoms with E-state index in [9.17, 15) is 4.79 Å². The zero-order valence-electron chi connectivity index (χ0n) is 10.4. The first-order valence-corrected chi connectivity index (χ1v) is 5.34. The summed E-state index contributed by atoms with van der Waals surface area (Å²) >= 11 is 0. The number of hydrogen-bond donors (Lipinski definition) is 0. The molecule has 16 heavy (non-hydrogen) atoms. The minimum absolute atomic E-state index is 0.264. The molecular formula is C14H18O2. The van der Waals surface area contributed by atoms with Gasteiger partial charge in [-0.15, -0.1) is 0 Å². The molecule has 0 radical (unpaired) electrons. The molecule has 2 aliphatic rings. The lowest BCUT2D eigenvalue weighted by Gasteiger charge is -1.90. The van der Waals surface area contributed by atoms with Crippen LogP contribution in [0.25, 0.3) is 11.1 Å². The number of aryl methyl sites for hydroxylation is 3. The molecule has 0 saturated carbocycles. The van der Waals surface area contributed by atoms with Crippen LogP contribution in [0.4, 0.5) is 0 Å². The van der Waals surface area contributed by atoms with Gasteiger partial charge in [-0.2, -0.15) is 0 Å². The standard InChI is InChI=1S/C9H10.C5H8O2/c1-5-4-6(2)9-7(3)8(5)9;1-3-4-7-5(2)6/h4H,1-3H3;3H,1,4H2,2H3. The molecule has 0 aliphatic heterocycles. The van der Waals surface area contributed by atoms with Crippen LogP contribution in [0.1, 0.15) is 23.6 Å². The van der Waals surface area contributed by atoms with Crippen LogP contribution < -0.4 is 0 Å². The van der Waals surface area contributed by atoms with E-state index in [1.165, 1.54) is 40.8 Å². The van der Waals surface area contributed by atoms with Crippen molar-refractivity contribution in [2.24, 2.45) is 0 Å². The smallest absolute Gasteiger partial charge is 0.302 e. The molecule has 0 heterocycles. The first kappa shape index (κ1) is 12.5. The maximum absolute atomic E-state index is 9.93. The second kappa shape index (κ2) is 4.97. The molecule has 0 atom stereocenters. The molecule has 0 N–H and O–H groups in total. The molecule has 2 heteroatoms. The summed E-state index contributed by atoms with van der Waals surface area (Å²) in [6.45, 7) is 11.6. The number of carbonyl (C=O) groups is 1. The fourth-order valence-corrected chi connectivity index (χ4v) is 1.91. The SMILES string of the molecule is C=CCOC(C)=O.Cc1cc(C)c2c(C)c1-2. The topological polar surface area (TPSA) is 26.3 Å². The number of benzene rings is 1. The first-order chi connectivity index (χ1) is 7.49. The molecule has 2 aliphatic carbocycles. The van der Waals surface area contributed by atoms with E-state index in [1.54, 1.807) is 0 Å². The van der Waals surface area contributed by atoms with E-state index < -0.39 is 0 Å². The predicted octanol–water partition coefficient (Wildman–Crippen LogP) is 3.33. The van der Waals surface area contributed by atoms with Crippen molar-refractivity contribution in [3.05, 3.63) is 35.4 Å². The van der Waals surface area contributed by atoms with Gasteiger partial charge in [0.2, 0.25) is 0 Å². The van der Waals surface area contributed by atoms with Crippen LogP contribution >= 0.6 is 0 Å². The molecule has 0 fully saturated rings. The van der Waals surface area contributed by atoms with Crippen LogP contribution in [0.5, 0.6) is 0 Å². The van der Waals surface area contributed by atoms with Crippen molar-refractivity contribution >= 4 is 5.97 Å². The normalized spacial score (nSPS) is 10.0.